The van der Waals surface area contributed by atoms with Gasteiger partial charge in [0.1, 0.15) is 12.7 Å². The minimum atomic E-state index is -0.549. The maximum absolute atomic E-state index is 9.94. The minimum absolute atomic E-state index is 0.207. The SMILES string of the molecule is CC(C)CNC[C@H](O)CO/N=C1\CCCC\C1=C/c1cccc(Cl)c1. The normalized spacial score (nSPS) is 19.6. The second kappa shape index (κ2) is 10.6. The number of nitrogens with one attached hydrogen (secondary N) is 1. The van der Waals surface area contributed by atoms with Crippen LogP contribution in [0.4, 0.5) is 0 Å². The van der Waals surface area contributed by atoms with E-state index >= 15 is 0 Å². The Hall–Kier alpha value is -1.36. The molecule has 1 fully saturated rings. The van der Waals surface area contributed by atoms with Crippen LogP contribution in [-0.4, -0.2) is 36.6 Å². The van der Waals surface area contributed by atoms with E-state index in [0.717, 1.165) is 48.5 Å². The van der Waals surface area contributed by atoms with Crippen LogP contribution in [0.1, 0.15) is 45.1 Å². The van der Waals surface area contributed by atoms with E-state index in [4.69, 9.17) is 16.4 Å². The van der Waals surface area contributed by atoms with E-state index in [2.05, 4.69) is 30.4 Å². The van der Waals surface area contributed by atoms with Gasteiger partial charge < -0.3 is 15.3 Å². The van der Waals surface area contributed by atoms with Gasteiger partial charge in [-0.05, 0) is 67.5 Å². The fourth-order valence-corrected chi connectivity index (χ4v) is 2.97. The molecule has 1 atom stereocenters. The monoisotopic (exact) mass is 364 g/mol. The summed E-state index contributed by atoms with van der Waals surface area (Å²) in [4.78, 5) is 5.42. The fraction of sp³-hybridized carbons (Fsp3) is 0.550. The zero-order valence-corrected chi connectivity index (χ0v) is 15.9. The molecule has 1 aliphatic rings. The standard InChI is InChI=1S/C20H29ClN2O2/c1-15(2)12-22-13-19(24)14-25-23-20-9-4-3-7-17(20)10-16-6-5-8-18(21)11-16/h5-6,8,10-11,15,19,22,24H,3-4,7,9,12-14H2,1-2H3/b17-10+,23-20+/t19-/m0/s1. The van der Waals surface area contributed by atoms with Crippen molar-refractivity contribution in [3.05, 3.63) is 40.4 Å². The average molecular weight is 365 g/mol. The lowest BCUT2D eigenvalue weighted by Gasteiger charge is -2.17. The van der Waals surface area contributed by atoms with E-state index < -0.39 is 6.10 Å². The number of aliphatic hydroxyl groups excluding tert-OH is 1. The van der Waals surface area contributed by atoms with Crippen LogP contribution in [0, 0.1) is 5.92 Å². The van der Waals surface area contributed by atoms with Gasteiger partial charge in [0.15, 0.2) is 0 Å². The molecule has 0 saturated heterocycles. The van der Waals surface area contributed by atoms with Crippen molar-refractivity contribution in [2.24, 2.45) is 11.1 Å². The second-order valence-corrected chi connectivity index (χ2v) is 7.41. The van der Waals surface area contributed by atoms with Gasteiger partial charge in [-0.3, -0.25) is 0 Å². The summed E-state index contributed by atoms with van der Waals surface area (Å²) in [7, 11) is 0. The van der Waals surface area contributed by atoms with Crippen molar-refractivity contribution in [2.45, 2.75) is 45.6 Å². The summed E-state index contributed by atoms with van der Waals surface area (Å²) in [6.45, 7) is 5.89. The van der Waals surface area contributed by atoms with Crippen LogP contribution in [0.25, 0.3) is 6.08 Å². The highest BCUT2D eigenvalue weighted by molar-refractivity contribution is 6.30. The molecular weight excluding hydrogens is 336 g/mol. The van der Waals surface area contributed by atoms with Crippen molar-refractivity contribution in [1.29, 1.82) is 0 Å². The molecule has 0 radical (unpaired) electrons. The lowest BCUT2D eigenvalue weighted by atomic mass is 9.91. The third-order valence-corrected chi connectivity index (χ3v) is 4.28. The topological polar surface area (TPSA) is 53.8 Å². The Labute approximate surface area is 155 Å². The van der Waals surface area contributed by atoms with Gasteiger partial charge in [0.25, 0.3) is 0 Å². The molecule has 0 amide bonds. The molecule has 0 aromatic heterocycles. The van der Waals surface area contributed by atoms with Gasteiger partial charge in [0, 0.05) is 11.6 Å². The Morgan fingerprint density at radius 1 is 1.28 bits per heavy atom. The molecule has 0 spiro atoms. The first kappa shape index (κ1) is 20.0. The van der Waals surface area contributed by atoms with Crippen LogP contribution < -0.4 is 5.32 Å². The highest BCUT2D eigenvalue weighted by atomic mass is 35.5. The van der Waals surface area contributed by atoms with Gasteiger partial charge in [0.05, 0.1) is 5.71 Å². The second-order valence-electron chi connectivity index (χ2n) is 6.97. The third kappa shape index (κ3) is 7.59. The smallest absolute Gasteiger partial charge is 0.144 e. The number of oxime groups is 1. The molecule has 1 aromatic rings. The molecule has 0 heterocycles. The van der Waals surface area contributed by atoms with E-state index in [9.17, 15) is 5.11 Å². The van der Waals surface area contributed by atoms with Crippen molar-refractivity contribution in [3.63, 3.8) is 0 Å². The number of halogens is 1. The maximum atomic E-state index is 9.94. The van der Waals surface area contributed by atoms with Gasteiger partial charge >= 0.3 is 0 Å². The van der Waals surface area contributed by atoms with Crippen LogP contribution in [0.15, 0.2) is 35.0 Å². The molecule has 4 nitrogen and oxygen atoms in total. The van der Waals surface area contributed by atoms with Crippen LogP contribution in [0.3, 0.4) is 0 Å². The first-order valence-electron chi connectivity index (χ1n) is 9.08. The van der Waals surface area contributed by atoms with E-state index in [-0.39, 0.29) is 6.61 Å². The molecule has 1 aromatic carbocycles. The molecular formula is C20H29ClN2O2. The van der Waals surface area contributed by atoms with Crippen LogP contribution in [-0.2, 0) is 4.84 Å². The van der Waals surface area contributed by atoms with Crippen molar-refractivity contribution < 1.29 is 9.94 Å². The van der Waals surface area contributed by atoms with E-state index in [1.165, 1.54) is 5.57 Å². The average Bonchev–Trinajstić information content (AvgIpc) is 2.56. The highest BCUT2D eigenvalue weighted by Gasteiger charge is 2.14. The largest absolute Gasteiger partial charge is 0.393 e. The summed E-state index contributed by atoms with van der Waals surface area (Å²) in [5.41, 5.74) is 3.25. The Bertz CT molecular complexity index is 599. The van der Waals surface area contributed by atoms with E-state index in [0.29, 0.717) is 12.5 Å². The molecule has 2 rings (SSSR count). The van der Waals surface area contributed by atoms with Gasteiger partial charge in [-0.2, -0.15) is 0 Å². The lowest BCUT2D eigenvalue weighted by Crippen LogP contribution is -2.32. The highest BCUT2D eigenvalue weighted by Crippen LogP contribution is 2.24. The minimum Gasteiger partial charge on any atom is -0.393 e. The molecule has 1 saturated carbocycles. The first-order chi connectivity index (χ1) is 12.0. The zero-order valence-electron chi connectivity index (χ0n) is 15.2. The quantitative estimate of drug-likeness (QED) is 0.677. The summed E-state index contributed by atoms with van der Waals surface area (Å²) in [6, 6.07) is 7.81. The molecule has 25 heavy (non-hydrogen) atoms. The first-order valence-corrected chi connectivity index (χ1v) is 9.46. The zero-order chi connectivity index (χ0) is 18.1. The summed E-state index contributed by atoms with van der Waals surface area (Å²) < 4.78 is 0. The van der Waals surface area contributed by atoms with Gasteiger partial charge in [-0.25, -0.2) is 0 Å². The number of allylic oxidation sites excluding steroid dienone is 1. The van der Waals surface area contributed by atoms with Crippen molar-refractivity contribution in [3.8, 4) is 0 Å². The molecule has 0 bridgehead atoms. The number of rotatable bonds is 8. The summed E-state index contributed by atoms with van der Waals surface area (Å²) in [6.07, 6.45) is 5.77. The fourth-order valence-electron chi connectivity index (χ4n) is 2.77. The number of hydrogen-bond acceptors (Lipinski definition) is 4. The van der Waals surface area contributed by atoms with Crippen molar-refractivity contribution in [1.82, 2.24) is 5.32 Å². The van der Waals surface area contributed by atoms with Crippen LogP contribution in [0.5, 0.6) is 0 Å². The summed E-state index contributed by atoms with van der Waals surface area (Å²) in [5.74, 6) is 0.565. The van der Waals surface area contributed by atoms with Crippen molar-refractivity contribution >= 4 is 23.4 Å². The Morgan fingerprint density at radius 2 is 2.08 bits per heavy atom. The van der Waals surface area contributed by atoms with E-state index in [1.54, 1.807) is 0 Å². The molecule has 0 unspecified atom stereocenters. The molecule has 5 heteroatoms. The molecule has 0 aliphatic heterocycles. The Kier molecular flexibility index (Phi) is 8.45. The van der Waals surface area contributed by atoms with Gasteiger partial charge in [-0.15, -0.1) is 0 Å². The molecule has 138 valence electrons. The van der Waals surface area contributed by atoms with E-state index in [1.807, 2.05) is 24.3 Å². The van der Waals surface area contributed by atoms with Crippen LogP contribution >= 0.6 is 11.6 Å². The van der Waals surface area contributed by atoms with Gasteiger partial charge in [0.2, 0.25) is 0 Å². The number of hydrogen-bond donors (Lipinski definition) is 2. The Morgan fingerprint density at radius 3 is 2.84 bits per heavy atom. The predicted octanol–water partition coefficient (Wildman–Crippen LogP) is 4.28. The Balaban J connectivity index is 1.90. The number of nitrogens with zero attached hydrogens (tertiary/aromatic N) is 1. The molecule has 1 aliphatic carbocycles. The maximum Gasteiger partial charge on any atom is 0.144 e. The lowest BCUT2D eigenvalue weighted by molar-refractivity contribution is 0.0398. The van der Waals surface area contributed by atoms with Crippen molar-refractivity contribution in [2.75, 3.05) is 19.7 Å². The van der Waals surface area contributed by atoms with Crippen LogP contribution in [0.2, 0.25) is 5.02 Å². The number of aliphatic hydroxyl groups is 1. The summed E-state index contributed by atoms with van der Waals surface area (Å²) >= 11 is 6.06. The number of benzene rings is 1. The molecule has 2 N–H and O–H groups in total. The third-order valence-electron chi connectivity index (χ3n) is 4.04. The predicted molar refractivity (Wildman–Crippen MR) is 105 cm³/mol. The summed E-state index contributed by atoms with van der Waals surface area (Å²) in [5, 5.41) is 18.2. The van der Waals surface area contributed by atoms with Gasteiger partial charge in [-0.1, -0.05) is 42.7 Å².